The Balaban J connectivity index is 1.73. The van der Waals surface area contributed by atoms with Crippen molar-refractivity contribution >= 4 is 23.6 Å². The molecule has 2 aromatic carbocycles. The zero-order chi connectivity index (χ0) is 22.1. The minimum Gasteiger partial charge on any atom is -0.497 e. The van der Waals surface area contributed by atoms with Crippen LogP contribution in [0.1, 0.15) is 28.4 Å². The van der Waals surface area contributed by atoms with Crippen LogP contribution in [-0.4, -0.2) is 35.8 Å². The van der Waals surface area contributed by atoms with Crippen molar-refractivity contribution in [1.29, 1.82) is 0 Å². The van der Waals surface area contributed by atoms with Gasteiger partial charge in [-0.2, -0.15) is 0 Å². The minimum absolute atomic E-state index is 0.318. The first-order valence-electron chi connectivity index (χ1n) is 9.91. The van der Waals surface area contributed by atoms with Crippen LogP contribution in [0.25, 0.3) is 6.08 Å². The van der Waals surface area contributed by atoms with Gasteiger partial charge in [-0.3, -0.25) is 0 Å². The maximum absolute atomic E-state index is 11.9. The van der Waals surface area contributed by atoms with E-state index in [1.807, 2.05) is 47.2 Å². The van der Waals surface area contributed by atoms with Gasteiger partial charge in [-0.25, -0.2) is 9.78 Å². The second kappa shape index (κ2) is 11.3. The maximum atomic E-state index is 11.9. The Morgan fingerprint density at radius 2 is 2.00 bits per heavy atom. The topological polar surface area (TPSA) is 62.6 Å². The summed E-state index contributed by atoms with van der Waals surface area (Å²) >= 11 is 6.43. The quantitative estimate of drug-likeness (QED) is 0.414. The molecule has 3 aromatic rings. The molecule has 0 saturated heterocycles. The second-order valence-electron chi connectivity index (χ2n) is 6.84. The van der Waals surface area contributed by atoms with Crippen LogP contribution in [0, 0.1) is 0 Å². The molecule has 0 spiro atoms. The Kier molecular flexibility index (Phi) is 8.27. The summed E-state index contributed by atoms with van der Waals surface area (Å²) in [7, 11) is 1.64. The number of nitrogens with zero attached hydrogens (tertiary/aromatic N) is 2. The molecule has 0 bridgehead atoms. The van der Waals surface area contributed by atoms with Gasteiger partial charge in [0.1, 0.15) is 5.75 Å². The van der Waals surface area contributed by atoms with Gasteiger partial charge in [0.2, 0.25) is 0 Å². The molecule has 0 aliphatic heterocycles. The molecule has 0 N–H and O–H groups in total. The lowest BCUT2D eigenvalue weighted by molar-refractivity contribution is 0.0526. The van der Waals surface area contributed by atoms with E-state index < -0.39 is 0 Å². The van der Waals surface area contributed by atoms with E-state index in [0.717, 1.165) is 22.4 Å². The number of methoxy groups -OCH3 is 1. The fourth-order valence-corrected chi connectivity index (χ4v) is 3.21. The third-order valence-corrected chi connectivity index (χ3v) is 4.86. The first-order valence-corrected chi connectivity index (χ1v) is 10.3. The highest BCUT2D eigenvalue weighted by Gasteiger charge is 2.10. The standard InChI is InChI=1S/C24H25ClN2O4/c1-3-31-24(28)21-7-6-20(23(25)13-21)12-19(14-27-11-10-26-17-27)16-30-15-18-4-8-22(29-2)9-5-18/h4-13,17H,3,14-16H2,1-2H3/b19-12-. The van der Waals surface area contributed by atoms with Gasteiger partial charge in [0.15, 0.2) is 0 Å². The van der Waals surface area contributed by atoms with E-state index in [4.69, 9.17) is 25.8 Å². The fraction of sp³-hybridized carbons (Fsp3) is 0.250. The van der Waals surface area contributed by atoms with E-state index >= 15 is 0 Å². The van der Waals surface area contributed by atoms with Gasteiger partial charge in [0, 0.05) is 24.0 Å². The number of rotatable bonds is 10. The predicted octanol–water partition coefficient (Wildman–Crippen LogP) is 5.02. The van der Waals surface area contributed by atoms with E-state index in [0.29, 0.717) is 37.0 Å². The molecule has 0 aliphatic carbocycles. The molecule has 6 nitrogen and oxygen atoms in total. The van der Waals surface area contributed by atoms with Crippen LogP contribution in [0.15, 0.2) is 66.8 Å². The number of benzene rings is 2. The van der Waals surface area contributed by atoms with Crippen molar-refractivity contribution in [3.63, 3.8) is 0 Å². The van der Waals surface area contributed by atoms with Gasteiger partial charge < -0.3 is 18.8 Å². The number of esters is 1. The zero-order valence-corrected chi connectivity index (χ0v) is 18.3. The van der Waals surface area contributed by atoms with Crippen molar-refractivity contribution in [2.24, 2.45) is 0 Å². The summed E-state index contributed by atoms with van der Waals surface area (Å²) in [6, 6.07) is 12.9. The van der Waals surface area contributed by atoms with Crippen LogP contribution in [0.3, 0.4) is 0 Å². The molecular weight excluding hydrogens is 416 g/mol. The SMILES string of the molecule is CCOC(=O)c1ccc(/C=C(\COCc2ccc(OC)cc2)Cn2ccnc2)c(Cl)c1. The number of hydrogen-bond acceptors (Lipinski definition) is 5. The molecule has 0 saturated carbocycles. The molecule has 1 aromatic heterocycles. The van der Waals surface area contributed by atoms with Gasteiger partial charge in [-0.05, 0) is 47.9 Å². The fourth-order valence-electron chi connectivity index (χ4n) is 2.97. The maximum Gasteiger partial charge on any atom is 0.338 e. The predicted molar refractivity (Wildman–Crippen MR) is 120 cm³/mol. The molecule has 162 valence electrons. The largest absolute Gasteiger partial charge is 0.497 e. The van der Waals surface area contributed by atoms with Crippen LogP contribution in [0.2, 0.25) is 5.02 Å². The third kappa shape index (κ3) is 6.70. The molecule has 0 aliphatic rings. The summed E-state index contributed by atoms with van der Waals surface area (Å²) < 4.78 is 18.1. The first-order chi connectivity index (χ1) is 15.1. The smallest absolute Gasteiger partial charge is 0.338 e. The lowest BCUT2D eigenvalue weighted by Crippen LogP contribution is -2.07. The van der Waals surface area contributed by atoms with Crippen molar-refractivity contribution in [3.05, 3.63) is 88.5 Å². The summed E-state index contributed by atoms with van der Waals surface area (Å²) in [5.74, 6) is 0.423. The number of hydrogen-bond donors (Lipinski definition) is 0. The monoisotopic (exact) mass is 440 g/mol. The summed E-state index contributed by atoms with van der Waals surface area (Å²) in [4.78, 5) is 16.0. The van der Waals surface area contributed by atoms with E-state index in [1.165, 1.54) is 0 Å². The van der Waals surface area contributed by atoms with Crippen molar-refractivity contribution in [2.45, 2.75) is 20.1 Å². The number of halogens is 1. The van der Waals surface area contributed by atoms with Crippen LogP contribution in [0.4, 0.5) is 0 Å². The lowest BCUT2D eigenvalue weighted by Gasteiger charge is -2.12. The minimum atomic E-state index is -0.388. The molecule has 1 heterocycles. The summed E-state index contributed by atoms with van der Waals surface area (Å²) in [5, 5.41) is 0.476. The molecule has 3 rings (SSSR count). The molecule has 0 amide bonds. The molecule has 0 radical (unpaired) electrons. The van der Waals surface area contributed by atoms with E-state index in [9.17, 15) is 4.79 Å². The lowest BCUT2D eigenvalue weighted by atomic mass is 10.1. The van der Waals surface area contributed by atoms with Gasteiger partial charge in [0.05, 0.1) is 38.8 Å². The van der Waals surface area contributed by atoms with Crippen molar-refractivity contribution in [3.8, 4) is 5.75 Å². The Hall–Kier alpha value is -3.09. The molecule has 0 unspecified atom stereocenters. The Labute approximate surface area is 187 Å². The Morgan fingerprint density at radius 1 is 1.19 bits per heavy atom. The third-order valence-electron chi connectivity index (χ3n) is 4.53. The molecule has 0 fully saturated rings. The second-order valence-corrected chi connectivity index (χ2v) is 7.24. The highest BCUT2D eigenvalue weighted by atomic mass is 35.5. The van der Waals surface area contributed by atoms with Gasteiger partial charge in [-0.1, -0.05) is 35.9 Å². The van der Waals surface area contributed by atoms with Gasteiger partial charge in [0.25, 0.3) is 0 Å². The van der Waals surface area contributed by atoms with Crippen LogP contribution in [0.5, 0.6) is 5.75 Å². The summed E-state index contributed by atoms with van der Waals surface area (Å²) in [6.45, 7) is 3.59. The highest BCUT2D eigenvalue weighted by Crippen LogP contribution is 2.22. The summed E-state index contributed by atoms with van der Waals surface area (Å²) in [6.07, 6.45) is 7.35. The highest BCUT2D eigenvalue weighted by molar-refractivity contribution is 6.32. The zero-order valence-electron chi connectivity index (χ0n) is 17.6. The molecule has 31 heavy (non-hydrogen) atoms. The first kappa shape index (κ1) is 22.6. The number of carbonyl (C=O) groups excluding carboxylic acids is 1. The normalized spacial score (nSPS) is 11.4. The molecule has 0 atom stereocenters. The Morgan fingerprint density at radius 3 is 2.65 bits per heavy atom. The average molecular weight is 441 g/mol. The van der Waals surface area contributed by atoms with Gasteiger partial charge in [-0.15, -0.1) is 0 Å². The van der Waals surface area contributed by atoms with Crippen LogP contribution >= 0.6 is 11.6 Å². The Bertz CT molecular complexity index is 1010. The van der Waals surface area contributed by atoms with E-state index in [-0.39, 0.29) is 5.97 Å². The number of imidazole rings is 1. The van der Waals surface area contributed by atoms with Crippen LogP contribution < -0.4 is 4.74 Å². The molecule has 7 heteroatoms. The average Bonchev–Trinajstić information content (AvgIpc) is 3.28. The van der Waals surface area contributed by atoms with Crippen molar-refractivity contribution < 1.29 is 19.0 Å². The van der Waals surface area contributed by atoms with Crippen LogP contribution in [-0.2, 0) is 22.6 Å². The molecular formula is C24H25ClN2O4. The number of aromatic nitrogens is 2. The van der Waals surface area contributed by atoms with Crippen molar-refractivity contribution in [1.82, 2.24) is 9.55 Å². The summed E-state index contributed by atoms with van der Waals surface area (Å²) in [5.41, 5.74) is 3.30. The van der Waals surface area contributed by atoms with E-state index in [1.54, 1.807) is 38.7 Å². The van der Waals surface area contributed by atoms with Crippen molar-refractivity contribution in [2.75, 3.05) is 20.3 Å². The number of carbonyl (C=O) groups is 1. The number of ether oxygens (including phenoxy) is 3. The van der Waals surface area contributed by atoms with Gasteiger partial charge >= 0.3 is 5.97 Å². The van der Waals surface area contributed by atoms with E-state index in [2.05, 4.69) is 4.98 Å².